The Morgan fingerprint density at radius 3 is 0.950 bits per heavy atom. The number of aliphatic hydroxyl groups excluding tert-OH is 2. The summed E-state index contributed by atoms with van der Waals surface area (Å²) >= 11 is 0. The topological polar surface area (TPSA) is 95.9 Å². The van der Waals surface area contributed by atoms with Crippen LogP contribution in [0.5, 0.6) is 0 Å². The van der Waals surface area contributed by atoms with Gasteiger partial charge in [-0.25, -0.2) is 0 Å². The van der Waals surface area contributed by atoms with Crippen molar-refractivity contribution in [2.75, 3.05) is 13.2 Å². The van der Waals surface area contributed by atoms with Gasteiger partial charge in [0.15, 0.2) is 0 Å². The maximum absolute atomic E-state index is 12.5. The zero-order valence-corrected chi connectivity index (χ0v) is 54.3. The molecule has 0 heterocycles. The molecule has 1 amide bonds. The van der Waals surface area contributed by atoms with E-state index in [1.807, 2.05) is 0 Å². The van der Waals surface area contributed by atoms with E-state index in [1.54, 1.807) is 0 Å². The zero-order chi connectivity index (χ0) is 57.8. The molecule has 0 radical (unpaired) electrons. The third-order valence-electron chi connectivity index (χ3n) is 17.3. The van der Waals surface area contributed by atoms with Gasteiger partial charge in [-0.05, 0) is 57.8 Å². The summed E-state index contributed by atoms with van der Waals surface area (Å²) in [6.07, 6.45) is 88.3. The lowest BCUT2D eigenvalue weighted by atomic mass is 10.0. The first-order chi connectivity index (χ1) is 39.5. The highest BCUT2D eigenvalue weighted by molar-refractivity contribution is 5.76. The summed E-state index contributed by atoms with van der Waals surface area (Å²) in [6.45, 7) is 4.98. The van der Waals surface area contributed by atoms with Crippen LogP contribution in [0.15, 0.2) is 24.3 Å². The molecule has 0 saturated carbocycles. The lowest BCUT2D eigenvalue weighted by Gasteiger charge is -2.22. The highest BCUT2D eigenvalue weighted by atomic mass is 16.5. The molecule has 3 N–H and O–H groups in total. The predicted octanol–water partition coefficient (Wildman–Crippen LogP) is 23.7. The van der Waals surface area contributed by atoms with E-state index in [2.05, 4.69) is 43.5 Å². The van der Waals surface area contributed by atoms with Gasteiger partial charge < -0.3 is 20.3 Å². The molecular formula is C74H143NO5. The molecule has 0 rings (SSSR count). The van der Waals surface area contributed by atoms with Gasteiger partial charge in [-0.3, -0.25) is 9.59 Å². The molecule has 6 nitrogen and oxygen atoms in total. The lowest BCUT2D eigenvalue weighted by molar-refractivity contribution is -0.143. The average Bonchev–Trinajstić information content (AvgIpc) is 3.46. The van der Waals surface area contributed by atoms with Crippen LogP contribution >= 0.6 is 0 Å². The van der Waals surface area contributed by atoms with Crippen LogP contribution in [0.2, 0.25) is 0 Å². The van der Waals surface area contributed by atoms with E-state index >= 15 is 0 Å². The van der Waals surface area contributed by atoms with Gasteiger partial charge in [0.2, 0.25) is 5.91 Å². The Bertz CT molecular complexity index is 1250. The van der Waals surface area contributed by atoms with Crippen LogP contribution in [-0.4, -0.2) is 47.4 Å². The number of aliphatic hydroxyl groups is 2. The molecule has 0 aliphatic rings. The summed E-state index contributed by atoms with van der Waals surface area (Å²) in [4.78, 5) is 24.6. The van der Waals surface area contributed by atoms with Crippen LogP contribution in [0.25, 0.3) is 0 Å². The number of unbranched alkanes of at least 4 members (excludes halogenated alkanes) is 54. The molecule has 474 valence electrons. The molecule has 0 aromatic rings. The summed E-state index contributed by atoms with van der Waals surface area (Å²) in [5, 5.41) is 23.2. The van der Waals surface area contributed by atoms with Crippen molar-refractivity contribution >= 4 is 11.9 Å². The first-order valence-corrected chi connectivity index (χ1v) is 36.6. The summed E-state index contributed by atoms with van der Waals surface area (Å²) < 4.78 is 5.51. The van der Waals surface area contributed by atoms with Gasteiger partial charge in [-0.15, -0.1) is 0 Å². The predicted molar refractivity (Wildman–Crippen MR) is 352 cm³/mol. The normalized spacial score (nSPS) is 12.6. The third-order valence-corrected chi connectivity index (χ3v) is 17.3. The minimum Gasteiger partial charge on any atom is -0.466 e. The fraction of sp³-hybridized carbons (Fsp3) is 0.919. The smallest absolute Gasteiger partial charge is 0.305 e. The Balaban J connectivity index is 3.33. The lowest BCUT2D eigenvalue weighted by Crippen LogP contribution is -2.45. The summed E-state index contributed by atoms with van der Waals surface area (Å²) in [5.41, 5.74) is 0. The van der Waals surface area contributed by atoms with Gasteiger partial charge in [0.1, 0.15) is 0 Å². The number of carbonyl (C=O) groups excluding carboxylic acids is 2. The van der Waals surface area contributed by atoms with Crippen molar-refractivity contribution < 1.29 is 24.5 Å². The molecule has 0 spiro atoms. The van der Waals surface area contributed by atoms with Gasteiger partial charge in [0, 0.05) is 12.8 Å². The SMILES string of the molecule is CCCCCCCCCCCCCCCCCCCC(=O)OCCCCCCCCCCCCC/C=C\C/C=C\CCCCCCCCCCCCCCCCCCCC(=O)NC(CO)C(O)CCCCCCCCCCCCC. The van der Waals surface area contributed by atoms with E-state index in [0.717, 1.165) is 44.9 Å². The maximum Gasteiger partial charge on any atom is 0.305 e. The van der Waals surface area contributed by atoms with Crippen LogP contribution in [0.3, 0.4) is 0 Å². The van der Waals surface area contributed by atoms with Crippen molar-refractivity contribution in [3.8, 4) is 0 Å². The summed E-state index contributed by atoms with van der Waals surface area (Å²) in [6, 6.07) is -0.538. The van der Waals surface area contributed by atoms with Crippen molar-refractivity contribution in [3.63, 3.8) is 0 Å². The van der Waals surface area contributed by atoms with Crippen LogP contribution in [-0.2, 0) is 14.3 Å². The second-order valence-electron chi connectivity index (χ2n) is 25.3. The van der Waals surface area contributed by atoms with E-state index in [1.165, 1.54) is 334 Å². The molecule has 2 atom stereocenters. The standard InChI is InChI=1S/C74H143NO5/c1-3-5-7-9-11-13-15-16-17-37-41-44-48-52-56-60-64-68-74(79)80-69-65-61-57-53-49-45-42-39-36-34-32-30-28-26-24-22-20-18-19-21-23-25-27-29-31-33-35-38-40-43-47-51-55-59-63-67-73(78)75-71(70-76)72(77)66-62-58-54-50-46-14-12-10-8-6-4-2/h20,22,26,28,71-72,76-77H,3-19,21,23-25,27,29-70H2,1-2H3,(H,75,78)/b22-20-,28-26-. The van der Waals surface area contributed by atoms with Crippen molar-refractivity contribution in [3.05, 3.63) is 24.3 Å². The molecule has 0 saturated heterocycles. The number of hydrogen-bond donors (Lipinski definition) is 3. The van der Waals surface area contributed by atoms with Crippen molar-refractivity contribution in [2.24, 2.45) is 0 Å². The number of ether oxygens (including phenoxy) is 1. The Kier molecular flexibility index (Phi) is 68.4. The van der Waals surface area contributed by atoms with Gasteiger partial charge in [-0.1, -0.05) is 366 Å². The first-order valence-electron chi connectivity index (χ1n) is 36.6. The number of esters is 1. The van der Waals surface area contributed by atoms with Crippen LogP contribution < -0.4 is 5.32 Å². The van der Waals surface area contributed by atoms with Crippen molar-refractivity contribution in [2.45, 2.75) is 424 Å². The first kappa shape index (κ1) is 78.3. The largest absolute Gasteiger partial charge is 0.466 e. The Hall–Kier alpha value is -1.66. The fourth-order valence-electron chi connectivity index (χ4n) is 11.7. The molecule has 6 heteroatoms. The van der Waals surface area contributed by atoms with E-state index in [0.29, 0.717) is 25.9 Å². The van der Waals surface area contributed by atoms with Gasteiger partial charge in [0.05, 0.1) is 25.4 Å². The summed E-state index contributed by atoms with van der Waals surface area (Å²) in [5.74, 6) is -0.0102. The number of carbonyl (C=O) groups is 2. The molecule has 0 aromatic carbocycles. The fourth-order valence-corrected chi connectivity index (χ4v) is 11.7. The molecule has 0 aliphatic carbocycles. The van der Waals surface area contributed by atoms with Gasteiger partial charge in [0.25, 0.3) is 0 Å². The maximum atomic E-state index is 12.5. The number of amides is 1. The molecule has 0 aliphatic heterocycles. The minimum absolute atomic E-state index is 0.0214. The molecule has 0 aromatic heterocycles. The second-order valence-corrected chi connectivity index (χ2v) is 25.3. The molecule has 0 bridgehead atoms. The van der Waals surface area contributed by atoms with E-state index < -0.39 is 12.1 Å². The van der Waals surface area contributed by atoms with Crippen molar-refractivity contribution in [1.29, 1.82) is 0 Å². The van der Waals surface area contributed by atoms with E-state index in [9.17, 15) is 19.8 Å². The van der Waals surface area contributed by atoms with Crippen LogP contribution in [0.4, 0.5) is 0 Å². The minimum atomic E-state index is -0.661. The second kappa shape index (κ2) is 69.8. The molecule has 0 fully saturated rings. The Morgan fingerprint density at radius 1 is 0.350 bits per heavy atom. The number of rotatable bonds is 69. The molecular weight excluding hydrogens is 983 g/mol. The van der Waals surface area contributed by atoms with Gasteiger partial charge >= 0.3 is 5.97 Å². The number of hydrogen-bond acceptors (Lipinski definition) is 5. The van der Waals surface area contributed by atoms with E-state index in [-0.39, 0.29) is 18.5 Å². The van der Waals surface area contributed by atoms with E-state index in [4.69, 9.17) is 4.74 Å². The Labute approximate surface area is 501 Å². The average molecular weight is 1130 g/mol. The van der Waals surface area contributed by atoms with Crippen molar-refractivity contribution in [1.82, 2.24) is 5.32 Å². The highest BCUT2D eigenvalue weighted by Gasteiger charge is 2.20. The quantitative estimate of drug-likeness (QED) is 0.0320. The summed E-state index contributed by atoms with van der Waals surface area (Å²) in [7, 11) is 0. The van der Waals surface area contributed by atoms with Crippen LogP contribution in [0.1, 0.15) is 412 Å². The zero-order valence-electron chi connectivity index (χ0n) is 54.3. The van der Waals surface area contributed by atoms with Gasteiger partial charge in [-0.2, -0.15) is 0 Å². The van der Waals surface area contributed by atoms with Crippen LogP contribution in [0, 0.1) is 0 Å². The Morgan fingerprint density at radius 2 is 0.625 bits per heavy atom. The third kappa shape index (κ3) is 65.5. The monoisotopic (exact) mass is 1130 g/mol. The highest BCUT2D eigenvalue weighted by Crippen LogP contribution is 2.19. The number of allylic oxidation sites excluding steroid dienone is 4. The molecule has 2 unspecified atom stereocenters. The molecule has 80 heavy (non-hydrogen) atoms. The number of nitrogens with one attached hydrogen (secondary N) is 1.